The number of anilines is 8. The Bertz CT molecular complexity index is 5940. The summed E-state index contributed by atoms with van der Waals surface area (Å²) >= 11 is 6.17. The predicted octanol–water partition coefficient (Wildman–Crippen LogP) is 14.1. The van der Waals surface area contributed by atoms with Gasteiger partial charge in [-0.05, 0) is 204 Å². The number of methoxy groups -OCH3 is 3. The van der Waals surface area contributed by atoms with Crippen LogP contribution in [-0.2, 0) is 23.7 Å². The second-order valence-electron chi connectivity index (χ2n) is 31.8. The van der Waals surface area contributed by atoms with Crippen LogP contribution in [0, 0.1) is 38.5 Å². The van der Waals surface area contributed by atoms with E-state index >= 15 is 0 Å². The number of fused-ring (bicyclic) bond motifs is 3. The van der Waals surface area contributed by atoms with Crippen LogP contribution >= 0.6 is 11.6 Å². The van der Waals surface area contributed by atoms with Crippen LogP contribution in [0.15, 0.2) is 173 Å². The van der Waals surface area contributed by atoms with Gasteiger partial charge >= 0.3 is 12.2 Å². The van der Waals surface area contributed by atoms with Gasteiger partial charge in [0.25, 0.3) is 16.7 Å². The second kappa shape index (κ2) is 37.0. The van der Waals surface area contributed by atoms with Crippen molar-refractivity contribution in [3.63, 3.8) is 0 Å². The number of nitrogens with one attached hydrogen (secondary N) is 3. The number of aryl methyl sites for hydroxylation is 3. The van der Waals surface area contributed by atoms with Crippen molar-refractivity contribution in [2.75, 3.05) is 74.0 Å². The number of rotatable bonds is 22. The summed E-state index contributed by atoms with van der Waals surface area (Å²) in [6.45, 7) is 16.4. The lowest BCUT2D eigenvalue weighted by Gasteiger charge is -2.34. The smallest absolute Gasteiger partial charge is 0.415 e. The molecule has 628 valence electrons. The molecule has 3 fully saturated rings. The molecular formula is C87H100ClN19O13. The topological polar surface area (TPSA) is 370 Å². The number of nitrogens with two attached hydrogens (primary N) is 1. The van der Waals surface area contributed by atoms with Crippen LogP contribution in [0.2, 0.25) is 5.15 Å². The van der Waals surface area contributed by atoms with Crippen molar-refractivity contribution in [3.05, 3.63) is 229 Å². The summed E-state index contributed by atoms with van der Waals surface area (Å²) in [5.41, 5.74) is 13.1. The van der Waals surface area contributed by atoms with E-state index in [0.29, 0.717) is 104 Å². The maximum atomic E-state index is 13.5. The van der Waals surface area contributed by atoms with Crippen LogP contribution in [0.1, 0.15) is 147 Å². The average molecular weight is 1660 g/mol. The summed E-state index contributed by atoms with van der Waals surface area (Å²) in [4.78, 5) is 123. The Morgan fingerprint density at radius 2 is 0.875 bits per heavy atom. The monoisotopic (exact) mass is 1650 g/mol. The SMILES string of the molecule is CNc1cc(Nc2cccn(-c3ccc(C)nc3)c2=O)cc2c(C(=O)C[C@H]3CC[C@@H]3OC)cnn12.CO[C@H]1CCC1CC(=O)c1cnn2c(N(C)C(=O)OC(C)(C)C)cc(Cl)nc12.CO[C@H]1CC[C@@H]1CC(=O)c1cnn2c(N(C)C(=O)OC(C)(C)C)cc(Nc3cccn(-c4ccc(C)nc4)c3=O)cc12.Cc1ccc(-n2cccc(N)c2=O)cn1. The van der Waals surface area contributed by atoms with Crippen molar-refractivity contribution in [1.29, 1.82) is 0 Å². The Morgan fingerprint density at radius 3 is 1.27 bits per heavy atom. The first-order valence-corrected chi connectivity index (χ1v) is 39.7. The number of ketones is 3. The molecule has 3 saturated carbocycles. The Balaban J connectivity index is 0.000000154. The standard InChI is InChI=1S/C31H36N6O5.C26H28N6O3.C19H25ClN4O4.C11H11N3O/c1-19-9-11-22(17-32-19)36-13-7-8-24(29(36)39)34-21-15-25-23(26(38)14-20-10-12-27(20)41-6)18-33-37(25)28(16-21)35(5)30(40)42-31(2,3)4;1-16-6-8-19(14-28-16)31-10-4-5-21(26(31)34)30-18-12-22-20(15-29-32(22)25(13-18)27-2)23(33)11-17-7-9-24(17)35-3;1-19(2,3)28-18(26)23(4)16-9-15(20)22-17-12(10-21-24(16)17)13(25)8-11-6-7-14(11)27-5;1-8-4-5-9(7-13-8)14-6-2-3-10(12)11(14)15/h7-9,11,13,15-18,20,27,34H,10,12,14H2,1-6H3;4-6,8,10,12-15,17,24,27,30H,7,9,11H2,1-3H3;9-11,14H,6-8H2,1-5H3;2-7H,12H2,1H3/t20-,27+;17-,24+;11?,14-;/m110./s1. The molecule has 0 aliphatic heterocycles. The number of aromatic nitrogens is 13. The minimum atomic E-state index is -0.716. The van der Waals surface area contributed by atoms with E-state index in [0.717, 1.165) is 61.3 Å². The molecule has 3 aliphatic rings. The summed E-state index contributed by atoms with van der Waals surface area (Å²) in [7, 11) is 9.95. The van der Waals surface area contributed by atoms with Gasteiger partial charge in [0.2, 0.25) is 0 Å². The van der Waals surface area contributed by atoms with Gasteiger partial charge in [-0.15, -0.1) is 0 Å². The molecule has 3 aliphatic carbocycles. The molecule has 120 heavy (non-hydrogen) atoms. The average Bonchev–Trinajstić information content (AvgIpc) is 1.62. The van der Waals surface area contributed by atoms with E-state index in [1.165, 1.54) is 46.4 Å². The van der Waals surface area contributed by atoms with Gasteiger partial charge in [0.1, 0.15) is 45.2 Å². The molecule has 12 heterocycles. The lowest BCUT2D eigenvalue weighted by molar-refractivity contribution is -0.0171. The molecule has 33 heteroatoms. The third-order valence-electron chi connectivity index (χ3n) is 21.1. The maximum absolute atomic E-state index is 13.5. The zero-order valence-corrected chi connectivity index (χ0v) is 70.6. The second-order valence-corrected chi connectivity index (χ2v) is 32.2. The quantitative estimate of drug-likeness (QED) is 0.0362. The van der Waals surface area contributed by atoms with Crippen molar-refractivity contribution < 1.29 is 47.7 Å². The number of Topliss-reactive ketones (excluding diaryl/α,β-unsaturated/α-hetero) is 3. The van der Waals surface area contributed by atoms with E-state index in [9.17, 15) is 38.4 Å². The zero-order valence-electron chi connectivity index (χ0n) is 69.8. The zero-order chi connectivity index (χ0) is 86.2. The highest BCUT2D eigenvalue weighted by molar-refractivity contribution is 6.30. The van der Waals surface area contributed by atoms with Crippen molar-refractivity contribution in [2.45, 2.75) is 150 Å². The maximum Gasteiger partial charge on any atom is 0.415 e. The highest BCUT2D eigenvalue weighted by Crippen LogP contribution is 2.38. The molecular weight excluding hydrogens is 1550 g/mol. The molecule has 0 spiro atoms. The number of carbonyl (C=O) groups is 5. The first kappa shape index (κ1) is 86.6. The number of halogens is 1. The van der Waals surface area contributed by atoms with Crippen molar-refractivity contribution in [1.82, 2.24) is 62.5 Å². The van der Waals surface area contributed by atoms with Crippen LogP contribution in [-0.4, -0.2) is 164 Å². The summed E-state index contributed by atoms with van der Waals surface area (Å²) in [5, 5.41) is 22.9. The highest BCUT2D eigenvalue weighted by Gasteiger charge is 2.37. The fourth-order valence-electron chi connectivity index (χ4n) is 14.1. The minimum absolute atomic E-state index is 0.0416. The van der Waals surface area contributed by atoms with Crippen LogP contribution in [0.5, 0.6) is 0 Å². The Kier molecular flexibility index (Phi) is 26.7. The molecule has 5 N–H and O–H groups in total. The molecule has 32 nitrogen and oxygen atoms in total. The van der Waals surface area contributed by atoms with Crippen LogP contribution in [0.25, 0.3) is 33.7 Å². The molecule has 12 aromatic rings. The van der Waals surface area contributed by atoms with Gasteiger partial charge in [-0.2, -0.15) is 19.8 Å². The van der Waals surface area contributed by atoms with Crippen LogP contribution in [0.3, 0.4) is 0 Å². The van der Waals surface area contributed by atoms with E-state index < -0.39 is 23.4 Å². The van der Waals surface area contributed by atoms with Gasteiger partial charge in [-0.3, -0.25) is 67.2 Å². The molecule has 0 radical (unpaired) electrons. The molecule has 6 atom stereocenters. The molecule has 0 aromatic carbocycles. The minimum Gasteiger partial charge on any atom is -0.443 e. The number of hydrogen-bond donors (Lipinski definition) is 4. The number of nitrogen functional groups attached to an aromatic ring is 1. The van der Waals surface area contributed by atoms with Crippen LogP contribution < -0.4 is 48.2 Å². The van der Waals surface area contributed by atoms with Crippen molar-refractivity contribution in [2.24, 2.45) is 17.8 Å². The van der Waals surface area contributed by atoms with E-state index in [1.807, 2.05) is 69.3 Å². The molecule has 0 bridgehead atoms. The number of ether oxygens (including phenoxy) is 5. The van der Waals surface area contributed by atoms with Crippen molar-refractivity contribution in [3.8, 4) is 17.1 Å². The summed E-state index contributed by atoms with van der Waals surface area (Å²) in [5.74, 6) is 1.93. The first-order valence-electron chi connectivity index (χ1n) is 39.3. The predicted molar refractivity (Wildman–Crippen MR) is 459 cm³/mol. The Morgan fingerprint density at radius 1 is 0.492 bits per heavy atom. The first-order chi connectivity index (χ1) is 57.2. The fraction of sp³-hybridized carbons (Fsp3) is 0.368. The van der Waals surface area contributed by atoms with Crippen molar-refractivity contribution >= 4 is 104 Å². The van der Waals surface area contributed by atoms with Crippen LogP contribution in [0.4, 0.5) is 55.5 Å². The lowest BCUT2D eigenvalue weighted by atomic mass is 9.78. The van der Waals surface area contributed by atoms with Gasteiger partial charge in [-0.25, -0.2) is 23.6 Å². The van der Waals surface area contributed by atoms with E-state index in [2.05, 4.69) is 51.2 Å². The fourth-order valence-corrected chi connectivity index (χ4v) is 14.2. The van der Waals surface area contributed by atoms with E-state index in [-0.39, 0.29) is 80.9 Å². The third-order valence-corrected chi connectivity index (χ3v) is 21.3. The van der Waals surface area contributed by atoms with Gasteiger partial charge in [0, 0.05) is 127 Å². The third kappa shape index (κ3) is 20.0. The largest absolute Gasteiger partial charge is 0.443 e. The Hall–Kier alpha value is -12.8. The number of amides is 2. The summed E-state index contributed by atoms with van der Waals surface area (Å²) in [6, 6.07) is 30.0. The van der Waals surface area contributed by atoms with E-state index in [4.69, 9.17) is 41.0 Å². The van der Waals surface area contributed by atoms with Gasteiger partial charge in [-0.1, -0.05) is 11.6 Å². The molecule has 12 aromatic heterocycles. The number of nitrogens with zero attached hydrogens (tertiary/aromatic N) is 15. The molecule has 0 saturated heterocycles. The molecule has 1 unspecified atom stereocenters. The summed E-state index contributed by atoms with van der Waals surface area (Å²) in [6.07, 6.45) is 20.7. The van der Waals surface area contributed by atoms with Gasteiger partial charge in [0.05, 0.1) is 106 Å². The van der Waals surface area contributed by atoms with Gasteiger partial charge < -0.3 is 45.4 Å². The van der Waals surface area contributed by atoms with E-state index in [1.54, 1.807) is 185 Å². The van der Waals surface area contributed by atoms with Gasteiger partial charge in [0.15, 0.2) is 23.0 Å². The highest BCUT2D eigenvalue weighted by atomic mass is 35.5. The molecule has 2 amide bonds. The number of pyridine rings is 8. The normalized spacial score (nSPS) is 16.6. The Labute approximate surface area is 697 Å². The molecule has 15 rings (SSSR count). The number of hydrogen-bond acceptors (Lipinski definition) is 24. The summed E-state index contributed by atoms with van der Waals surface area (Å²) < 4.78 is 36.5. The number of carbonyl (C=O) groups excluding carboxylic acids is 5. The lowest BCUT2D eigenvalue weighted by Crippen LogP contribution is -2.35.